The number of hydrogen-bond acceptors (Lipinski definition) is 5. The van der Waals surface area contributed by atoms with Crippen LogP contribution in [0, 0.1) is 0 Å². The van der Waals surface area contributed by atoms with Crippen molar-refractivity contribution in [3.8, 4) is 5.75 Å². The van der Waals surface area contributed by atoms with Gasteiger partial charge >= 0.3 is 0 Å². The van der Waals surface area contributed by atoms with Gasteiger partial charge in [-0.1, -0.05) is 18.2 Å². The van der Waals surface area contributed by atoms with Crippen molar-refractivity contribution in [2.24, 2.45) is 5.73 Å². The summed E-state index contributed by atoms with van der Waals surface area (Å²) in [5, 5.41) is 1.73. The lowest BCUT2D eigenvalue weighted by Crippen LogP contribution is -2.30. The number of hydrogen-bond donors (Lipinski definition) is 2. The Balaban J connectivity index is 1.89. The molecule has 1 unspecified atom stereocenters. The predicted molar refractivity (Wildman–Crippen MR) is 77.2 cm³/mol. The van der Waals surface area contributed by atoms with E-state index in [1.807, 2.05) is 24.3 Å². The molecule has 0 spiro atoms. The Morgan fingerprint density at radius 1 is 1.35 bits per heavy atom. The lowest BCUT2D eigenvalue weighted by Gasteiger charge is -2.12. The molecule has 20 heavy (non-hydrogen) atoms. The van der Waals surface area contributed by atoms with Crippen LogP contribution in [-0.4, -0.2) is 15.0 Å². The molecule has 0 aliphatic carbocycles. The van der Waals surface area contributed by atoms with Gasteiger partial charge in [0.15, 0.2) is 0 Å². The maximum Gasteiger partial charge on any atom is 0.242 e. The smallest absolute Gasteiger partial charge is 0.242 e. The average molecular weight is 310 g/mol. The summed E-state index contributed by atoms with van der Waals surface area (Å²) < 4.78 is 33.0. The van der Waals surface area contributed by atoms with Crippen molar-refractivity contribution in [2.75, 3.05) is 6.61 Å². The maximum atomic E-state index is 12.4. The fraction of sp³-hybridized carbons (Fsp3) is 0.231. The van der Waals surface area contributed by atoms with E-state index >= 15 is 0 Å². The number of nitrogens with one attached hydrogen (secondary N) is 1. The van der Waals surface area contributed by atoms with E-state index in [9.17, 15) is 8.42 Å². The Hall–Kier alpha value is -1.41. The first-order valence-corrected chi connectivity index (χ1v) is 8.48. The zero-order valence-electron chi connectivity index (χ0n) is 10.6. The first-order chi connectivity index (χ1) is 9.62. The van der Waals surface area contributed by atoms with Crippen molar-refractivity contribution in [1.29, 1.82) is 0 Å². The molecular formula is C13H14N2O3S2. The quantitative estimate of drug-likeness (QED) is 0.899. The van der Waals surface area contributed by atoms with Gasteiger partial charge in [0.2, 0.25) is 10.0 Å². The molecule has 3 N–H and O–H groups in total. The summed E-state index contributed by atoms with van der Waals surface area (Å²) in [5.74, 6) is 0.726. The highest BCUT2D eigenvalue weighted by molar-refractivity contribution is 7.89. The van der Waals surface area contributed by atoms with Crippen LogP contribution in [0.1, 0.15) is 16.5 Å². The number of rotatable bonds is 4. The fourth-order valence-corrected chi connectivity index (χ4v) is 4.76. The summed E-state index contributed by atoms with van der Waals surface area (Å²) in [6, 6.07) is 8.65. The van der Waals surface area contributed by atoms with Gasteiger partial charge in [-0.15, -0.1) is 11.3 Å². The second-order valence-corrected chi connectivity index (χ2v) is 7.12. The molecule has 0 amide bonds. The van der Waals surface area contributed by atoms with E-state index in [1.54, 1.807) is 11.4 Å². The molecule has 1 aliphatic heterocycles. The minimum atomic E-state index is -3.59. The number of para-hydroxylation sites is 1. The average Bonchev–Trinajstić information content (AvgIpc) is 3.06. The van der Waals surface area contributed by atoms with Crippen LogP contribution in [0.5, 0.6) is 5.75 Å². The monoisotopic (exact) mass is 310 g/mol. The molecular weight excluding hydrogens is 296 g/mol. The summed E-state index contributed by atoms with van der Waals surface area (Å²) in [7, 11) is -3.59. The summed E-state index contributed by atoms with van der Waals surface area (Å²) in [4.78, 5) is 0.916. The summed E-state index contributed by atoms with van der Waals surface area (Å²) in [5.41, 5.74) is 6.43. The van der Waals surface area contributed by atoms with E-state index < -0.39 is 10.0 Å². The molecule has 1 atom stereocenters. The Morgan fingerprint density at radius 3 is 2.95 bits per heavy atom. The molecule has 5 nitrogen and oxygen atoms in total. The molecule has 0 fully saturated rings. The van der Waals surface area contributed by atoms with Gasteiger partial charge in [-0.2, -0.15) is 0 Å². The molecule has 3 rings (SSSR count). The molecule has 1 aromatic carbocycles. The van der Waals surface area contributed by atoms with Crippen LogP contribution in [0.15, 0.2) is 40.6 Å². The lowest BCUT2D eigenvalue weighted by atomic mass is 10.1. The van der Waals surface area contributed by atoms with Crippen LogP contribution < -0.4 is 15.2 Å². The van der Waals surface area contributed by atoms with Crippen molar-refractivity contribution >= 4 is 21.4 Å². The van der Waals surface area contributed by atoms with Crippen LogP contribution in [0.25, 0.3) is 0 Å². The summed E-state index contributed by atoms with van der Waals surface area (Å²) in [6.07, 6.45) is 0. The topological polar surface area (TPSA) is 81.4 Å². The highest BCUT2D eigenvalue weighted by Gasteiger charge is 2.29. The molecule has 1 aliphatic rings. The molecule has 1 aromatic heterocycles. The Kier molecular flexibility index (Phi) is 3.51. The van der Waals surface area contributed by atoms with E-state index in [0.29, 0.717) is 11.5 Å². The van der Waals surface area contributed by atoms with Crippen molar-refractivity contribution in [1.82, 2.24) is 4.72 Å². The highest BCUT2D eigenvalue weighted by atomic mass is 32.2. The molecule has 7 heteroatoms. The number of ether oxygens (including phenoxy) is 1. The number of fused-ring (bicyclic) bond motifs is 1. The van der Waals surface area contributed by atoms with Gasteiger partial charge in [-0.3, -0.25) is 0 Å². The standard InChI is InChI=1S/C13H14N2O3S2/c14-7-12-13(5-6-19-12)20(16,17)15-10-8-18-11-4-2-1-3-9(10)11/h1-6,10,15H,7-8,14H2. The SMILES string of the molecule is NCc1sccc1S(=O)(=O)NC1COc2ccccc21. The van der Waals surface area contributed by atoms with Gasteiger partial charge in [0.1, 0.15) is 12.4 Å². The fourth-order valence-electron chi connectivity index (χ4n) is 2.23. The van der Waals surface area contributed by atoms with Gasteiger partial charge < -0.3 is 10.5 Å². The van der Waals surface area contributed by atoms with Crippen LogP contribution in [0.3, 0.4) is 0 Å². The molecule has 0 saturated carbocycles. The van der Waals surface area contributed by atoms with E-state index in [2.05, 4.69) is 4.72 Å². The van der Waals surface area contributed by atoms with Crippen LogP contribution in [-0.2, 0) is 16.6 Å². The van der Waals surface area contributed by atoms with Crippen molar-refractivity contribution < 1.29 is 13.2 Å². The Morgan fingerprint density at radius 2 is 2.15 bits per heavy atom. The van der Waals surface area contributed by atoms with Crippen molar-refractivity contribution in [2.45, 2.75) is 17.5 Å². The number of thiophene rings is 1. The lowest BCUT2D eigenvalue weighted by molar-refractivity contribution is 0.325. The third-order valence-electron chi connectivity index (χ3n) is 3.18. The Bertz CT molecular complexity index is 725. The first kappa shape index (κ1) is 13.6. The second kappa shape index (κ2) is 5.17. The second-order valence-electron chi connectivity index (χ2n) is 4.43. The van der Waals surface area contributed by atoms with Gasteiger partial charge in [0.25, 0.3) is 0 Å². The van der Waals surface area contributed by atoms with Gasteiger partial charge in [0.05, 0.1) is 10.9 Å². The highest BCUT2D eigenvalue weighted by Crippen LogP contribution is 2.33. The third-order valence-corrected chi connectivity index (χ3v) is 5.81. The Labute approximate surface area is 121 Å². The van der Waals surface area contributed by atoms with Crippen molar-refractivity contribution in [3.63, 3.8) is 0 Å². The van der Waals surface area contributed by atoms with E-state index in [1.165, 1.54) is 11.3 Å². The van der Waals surface area contributed by atoms with Gasteiger partial charge in [0, 0.05) is 17.0 Å². The molecule has 106 valence electrons. The predicted octanol–water partition coefficient (Wildman–Crippen LogP) is 1.62. The number of sulfonamides is 1. The van der Waals surface area contributed by atoms with E-state index in [0.717, 1.165) is 11.3 Å². The van der Waals surface area contributed by atoms with Crippen LogP contribution in [0.4, 0.5) is 0 Å². The number of nitrogens with two attached hydrogens (primary N) is 1. The molecule has 2 aromatic rings. The molecule has 0 saturated heterocycles. The van der Waals surface area contributed by atoms with Crippen LogP contribution in [0.2, 0.25) is 0 Å². The summed E-state index contributed by atoms with van der Waals surface area (Å²) >= 11 is 1.34. The zero-order valence-corrected chi connectivity index (χ0v) is 12.2. The molecule has 0 bridgehead atoms. The molecule has 0 radical (unpaired) electrons. The van der Waals surface area contributed by atoms with Gasteiger partial charge in [-0.05, 0) is 17.5 Å². The maximum absolute atomic E-state index is 12.4. The van der Waals surface area contributed by atoms with E-state index in [4.69, 9.17) is 10.5 Å². The number of benzene rings is 1. The largest absolute Gasteiger partial charge is 0.491 e. The van der Waals surface area contributed by atoms with Crippen molar-refractivity contribution in [3.05, 3.63) is 46.2 Å². The zero-order chi connectivity index (χ0) is 14.2. The minimum Gasteiger partial charge on any atom is -0.491 e. The third kappa shape index (κ3) is 2.33. The van der Waals surface area contributed by atoms with Gasteiger partial charge in [-0.25, -0.2) is 13.1 Å². The van der Waals surface area contributed by atoms with E-state index in [-0.39, 0.29) is 17.5 Å². The minimum absolute atomic E-state index is 0.214. The normalized spacial score (nSPS) is 17.8. The summed E-state index contributed by atoms with van der Waals surface area (Å²) in [6.45, 7) is 0.520. The first-order valence-electron chi connectivity index (χ1n) is 6.12. The molecule has 2 heterocycles. The van der Waals surface area contributed by atoms with Crippen LogP contribution >= 0.6 is 11.3 Å².